The summed E-state index contributed by atoms with van der Waals surface area (Å²) in [5, 5.41) is 3.18. The van der Waals surface area contributed by atoms with Crippen LogP contribution in [0.3, 0.4) is 0 Å². The summed E-state index contributed by atoms with van der Waals surface area (Å²) in [5.41, 5.74) is 0.323. The van der Waals surface area contributed by atoms with E-state index < -0.39 is 16.1 Å². The van der Waals surface area contributed by atoms with E-state index in [1.165, 1.54) is 13.2 Å². The molecule has 8 heteroatoms. The first-order valence-electron chi connectivity index (χ1n) is 9.26. The standard InChI is InChI=1S/C19H31ClN2O4S/c1-6-8-9-15(7-2)13-21-19(23)14(3)22(27(5,24)25)16-10-11-18(26-4)17(20)12-16/h10-12,14-15H,6-9,13H2,1-5H3,(H,21,23). The molecule has 1 N–H and O–H groups in total. The lowest BCUT2D eigenvalue weighted by Gasteiger charge is -2.29. The van der Waals surface area contributed by atoms with Crippen molar-refractivity contribution in [3.63, 3.8) is 0 Å². The average molecular weight is 419 g/mol. The highest BCUT2D eigenvalue weighted by molar-refractivity contribution is 7.92. The van der Waals surface area contributed by atoms with E-state index in [-0.39, 0.29) is 10.9 Å². The Hall–Kier alpha value is -1.47. The van der Waals surface area contributed by atoms with E-state index in [1.807, 2.05) is 0 Å². The normalized spacial score (nSPS) is 13.7. The van der Waals surface area contributed by atoms with E-state index in [9.17, 15) is 13.2 Å². The van der Waals surface area contributed by atoms with Crippen molar-refractivity contribution >= 4 is 33.2 Å². The Bertz CT molecular complexity index is 724. The highest BCUT2D eigenvalue weighted by Crippen LogP contribution is 2.31. The molecule has 1 amide bonds. The van der Waals surface area contributed by atoms with Gasteiger partial charge in [-0.15, -0.1) is 0 Å². The van der Waals surface area contributed by atoms with Gasteiger partial charge in [-0.3, -0.25) is 9.10 Å². The molecule has 2 atom stereocenters. The highest BCUT2D eigenvalue weighted by Gasteiger charge is 2.29. The summed E-state index contributed by atoms with van der Waals surface area (Å²) in [5.74, 6) is 0.498. The van der Waals surface area contributed by atoms with Gasteiger partial charge in [0, 0.05) is 6.54 Å². The molecule has 1 aromatic carbocycles. The number of carbonyl (C=O) groups is 1. The average Bonchev–Trinajstić information content (AvgIpc) is 2.60. The molecule has 0 aliphatic rings. The fraction of sp³-hybridized carbons (Fsp3) is 0.632. The first kappa shape index (κ1) is 23.6. The van der Waals surface area contributed by atoms with Gasteiger partial charge in [0.1, 0.15) is 11.8 Å². The zero-order chi connectivity index (χ0) is 20.6. The molecule has 6 nitrogen and oxygen atoms in total. The van der Waals surface area contributed by atoms with Crippen LogP contribution in [0.4, 0.5) is 5.69 Å². The number of carbonyl (C=O) groups excluding carboxylic acids is 1. The van der Waals surface area contributed by atoms with Crippen molar-refractivity contribution in [3.8, 4) is 5.75 Å². The van der Waals surface area contributed by atoms with Crippen molar-refractivity contribution in [1.82, 2.24) is 5.32 Å². The summed E-state index contributed by atoms with van der Waals surface area (Å²) >= 11 is 6.13. The molecule has 0 aromatic heterocycles. The lowest BCUT2D eigenvalue weighted by Crippen LogP contribution is -2.48. The van der Waals surface area contributed by atoms with Crippen LogP contribution in [0.15, 0.2) is 18.2 Å². The van der Waals surface area contributed by atoms with E-state index in [4.69, 9.17) is 16.3 Å². The summed E-state index contributed by atoms with van der Waals surface area (Å²) in [6, 6.07) is 3.75. The maximum absolute atomic E-state index is 12.6. The molecule has 0 heterocycles. The molecule has 1 rings (SSSR count). The molecule has 0 saturated carbocycles. The molecule has 0 radical (unpaired) electrons. The summed E-state index contributed by atoms with van der Waals surface area (Å²) in [7, 11) is -2.20. The molecule has 154 valence electrons. The number of ether oxygens (including phenoxy) is 1. The molecule has 0 fully saturated rings. The highest BCUT2D eigenvalue weighted by atomic mass is 35.5. The van der Waals surface area contributed by atoms with Gasteiger partial charge in [-0.2, -0.15) is 0 Å². The first-order valence-corrected chi connectivity index (χ1v) is 11.5. The monoisotopic (exact) mass is 418 g/mol. The first-order chi connectivity index (χ1) is 12.6. The Balaban J connectivity index is 2.97. The van der Waals surface area contributed by atoms with Crippen LogP contribution >= 0.6 is 11.6 Å². The lowest BCUT2D eigenvalue weighted by molar-refractivity contribution is -0.122. The van der Waals surface area contributed by atoms with Crippen molar-refractivity contribution in [2.45, 2.75) is 52.5 Å². The molecule has 0 saturated heterocycles. The van der Waals surface area contributed by atoms with Crippen LogP contribution in [0.1, 0.15) is 46.5 Å². The minimum atomic E-state index is -3.68. The third kappa shape index (κ3) is 6.88. The third-order valence-electron chi connectivity index (χ3n) is 4.59. The van der Waals surface area contributed by atoms with E-state index in [0.29, 0.717) is 23.9 Å². The van der Waals surface area contributed by atoms with Crippen molar-refractivity contribution in [2.24, 2.45) is 5.92 Å². The second-order valence-corrected chi connectivity index (χ2v) is 8.98. The number of unbranched alkanes of at least 4 members (excludes halogenated alkanes) is 1. The molecule has 2 unspecified atom stereocenters. The molecule has 0 aliphatic carbocycles. The maximum Gasteiger partial charge on any atom is 0.243 e. The number of halogens is 1. The van der Waals surface area contributed by atoms with Crippen LogP contribution in [0.2, 0.25) is 5.02 Å². The Morgan fingerprint density at radius 2 is 2.00 bits per heavy atom. The van der Waals surface area contributed by atoms with E-state index in [2.05, 4.69) is 19.2 Å². The van der Waals surface area contributed by atoms with Gasteiger partial charge in [0.2, 0.25) is 15.9 Å². The third-order valence-corrected chi connectivity index (χ3v) is 6.12. The summed E-state index contributed by atoms with van der Waals surface area (Å²) in [6.07, 6.45) is 5.32. The minimum absolute atomic E-state index is 0.280. The number of methoxy groups -OCH3 is 1. The Morgan fingerprint density at radius 1 is 1.33 bits per heavy atom. The van der Waals surface area contributed by atoms with Crippen LogP contribution in [-0.4, -0.2) is 40.3 Å². The van der Waals surface area contributed by atoms with Gasteiger partial charge in [-0.25, -0.2) is 8.42 Å². The lowest BCUT2D eigenvalue weighted by atomic mass is 9.99. The number of amides is 1. The van der Waals surface area contributed by atoms with Gasteiger partial charge in [0.25, 0.3) is 0 Å². The molecular weight excluding hydrogens is 388 g/mol. The van der Waals surface area contributed by atoms with Crippen LogP contribution in [-0.2, 0) is 14.8 Å². The predicted octanol–water partition coefficient (Wildman–Crippen LogP) is 3.84. The Kier molecular flexibility index (Phi) is 9.39. The second-order valence-electron chi connectivity index (χ2n) is 6.72. The topological polar surface area (TPSA) is 75.7 Å². The number of benzene rings is 1. The van der Waals surface area contributed by atoms with Crippen LogP contribution in [0.5, 0.6) is 5.75 Å². The predicted molar refractivity (Wildman–Crippen MR) is 111 cm³/mol. The van der Waals surface area contributed by atoms with Gasteiger partial charge in [-0.05, 0) is 37.5 Å². The molecule has 1 aromatic rings. The largest absolute Gasteiger partial charge is 0.495 e. The smallest absolute Gasteiger partial charge is 0.243 e. The van der Waals surface area contributed by atoms with Gasteiger partial charge in [0.15, 0.2) is 0 Å². The number of rotatable bonds is 11. The van der Waals surface area contributed by atoms with Gasteiger partial charge in [-0.1, -0.05) is 44.7 Å². The van der Waals surface area contributed by atoms with Gasteiger partial charge >= 0.3 is 0 Å². The van der Waals surface area contributed by atoms with Crippen molar-refractivity contribution in [1.29, 1.82) is 0 Å². The van der Waals surface area contributed by atoms with Crippen LogP contribution < -0.4 is 14.4 Å². The zero-order valence-electron chi connectivity index (χ0n) is 16.8. The summed E-state index contributed by atoms with van der Waals surface area (Å²) in [4.78, 5) is 12.6. The fourth-order valence-electron chi connectivity index (χ4n) is 2.94. The SMILES string of the molecule is CCCCC(CC)CNC(=O)C(C)N(c1ccc(OC)c(Cl)c1)S(C)(=O)=O. The van der Waals surface area contributed by atoms with Crippen LogP contribution in [0.25, 0.3) is 0 Å². The van der Waals surface area contributed by atoms with Crippen molar-refractivity contribution in [2.75, 3.05) is 24.2 Å². The van der Waals surface area contributed by atoms with Crippen molar-refractivity contribution < 1.29 is 17.9 Å². The van der Waals surface area contributed by atoms with Gasteiger partial charge < -0.3 is 10.1 Å². The van der Waals surface area contributed by atoms with E-state index in [1.54, 1.807) is 19.1 Å². The number of anilines is 1. The fourth-order valence-corrected chi connectivity index (χ4v) is 4.36. The van der Waals surface area contributed by atoms with Crippen molar-refractivity contribution in [3.05, 3.63) is 23.2 Å². The Morgan fingerprint density at radius 3 is 2.48 bits per heavy atom. The minimum Gasteiger partial charge on any atom is -0.495 e. The molecule has 0 spiro atoms. The number of sulfonamides is 1. The molecule has 0 bridgehead atoms. The number of nitrogens with one attached hydrogen (secondary N) is 1. The second kappa shape index (κ2) is 10.8. The number of hydrogen-bond acceptors (Lipinski definition) is 4. The quantitative estimate of drug-likeness (QED) is 0.592. The van der Waals surface area contributed by atoms with Crippen LogP contribution in [0, 0.1) is 5.92 Å². The Labute approximate surface area is 168 Å². The summed E-state index contributed by atoms with van der Waals surface area (Å²) < 4.78 is 30.9. The van der Waals surface area contributed by atoms with E-state index in [0.717, 1.165) is 36.2 Å². The molecule has 27 heavy (non-hydrogen) atoms. The molecular formula is C19H31ClN2O4S. The maximum atomic E-state index is 12.6. The zero-order valence-corrected chi connectivity index (χ0v) is 18.4. The molecule has 0 aliphatic heterocycles. The summed E-state index contributed by atoms with van der Waals surface area (Å²) in [6.45, 7) is 6.34. The van der Waals surface area contributed by atoms with Gasteiger partial charge in [0.05, 0.1) is 24.1 Å². The number of hydrogen-bond donors (Lipinski definition) is 1. The van der Waals surface area contributed by atoms with E-state index >= 15 is 0 Å². The number of nitrogens with zero attached hydrogens (tertiary/aromatic N) is 1.